The lowest BCUT2D eigenvalue weighted by molar-refractivity contribution is -0.146. The van der Waals surface area contributed by atoms with Gasteiger partial charge in [0, 0.05) is 17.4 Å². The summed E-state index contributed by atoms with van der Waals surface area (Å²) in [5, 5.41) is 0. The zero-order chi connectivity index (χ0) is 19.6. The quantitative estimate of drug-likeness (QED) is 0.582. The number of ether oxygens (including phenoxy) is 3. The summed E-state index contributed by atoms with van der Waals surface area (Å²) in [5.74, 6) is -1.04. The van der Waals surface area contributed by atoms with Gasteiger partial charge < -0.3 is 14.2 Å². The maximum Gasteiger partial charge on any atom is 0.415 e. The number of fused-ring (bicyclic) bond motifs is 9. The van der Waals surface area contributed by atoms with Gasteiger partial charge in [-0.3, -0.25) is 4.79 Å². The summed E-state index contributed by atoms with van der Waals surface area (Å²) >= 11 is 0. The van der Waals surface area contributed by atoms with E-state index in [1.54, 1.807) is 24.3 Å². The molecule has 28 heavy (non-hydrogen) atoms. The maximum absolute atomic E-state index is 13.9. The van der Waals surface area contributed by atoms with Crippen LogP contribution in [0.3, 0.4) is 0 Å². The second-order valence-corrected chi connectivity index (χ2v) is 7.74. The molecular weight excluding hydrogens is 373 g/mol. The predicted octanol–water partition coefficient (Wildman–Crippen LogP) is 3.37. The Morgan fingerprint density at radius 2 is 1.71 bits per heavy atom. The minimum absolute atomic E-state index is 0.0113. The third-order valence-electron chi connectivity index (χ3n) is 6.15. The van der Waals surface area contributed by atoms with Gasteiger partial charge >= 0.3 is 12.1 Å². The first-order valence-corrected chi connectivity index (χ1v) is 9.38. The van der Waals surface area contributed by atoms with Gasteiger partial charge in [-0.2, -0.15) is 13.2 Å². The van der Waals surface area contributed by atoms with Gasteiger partial charge in [-0.25, -0.2) is 0 Å². The van der Waals surface area contributed by atoms with Crippen molar-refractivity contribution in [1.82, 2.24) is 0 Å². The lowest BCUT2D eigenvalue weighted by Gasteiger charge is -2.32. The lowest BCUT2D eigenvalue weighted by atomic mass is 9.70. The Morgan fingerprint density at radius 1 is 1.07 bits per heavy atom. The zero-order valence-corrected chi connectivity index (χ0v) is 15.1. The highest BCUT2D eigenvalue weighted by Gasteiger charge is 2.67. The largest absolute Gasteiger partial charge is 0.458 e. The number of benzene rings is 1. The molecule has 4 heterocycles. The van der Waals surface area contributed by atoms with Crippen molar-refractivity contribution >= 4 is 5.97 Å². The minimum atomic E-state index is -4.54. The molecule has 4 aliphatic rings. The summed E-state index contributed by atoms with van der Waals surface area (Å²) < 4.78 is 58.6. The monoisotopic (exact) mass is 392 g/mol. The molecule has 7 atom stereocenters. The van der Waals surface area contributed by atoms with Gasteiger partial charge in [0.05, 0.1) is 36.4 Å². The molecule has 0 saturated carbocycles. The summed E-state index contributed by atoms with van der Waals surface area (Å²) in [6, 6.07) is 8.96. The fraction of sp³-hybridized carbons (Fsp3) is 0.476. The fourth-order valence-corrected chi connectivity index (χ4v) is 5.15. The molecule has 4 aliphatic heterocycles. The second-order valence-electron chi connectivity index (χ2n) is 7.74. The number of rotatable bonds is 4. The standard InChI is InChI=1S/C21H19F3O4/c1-10(26-14(25)9-11-5-3-2-4-6-11)15-18(21(22,23)24)20-17-13-8-7-12(27-13)16(17)19(15)28-20/h2-8,10,12-13,16-17,19-20H,9H2,1H3/t10-,12-,13+,16+,17-,19-,20-/m1/s1. The first kappa shape index (κ1) is 17.9. The van der Waals surface area contributed by atoms with Crippen LogP contribution < -0.4 is 0 Å². The summed E-state index contributed by atoms with van der Waals surface area (Å²) in [6.45, 7) is 1.49. The molecular formula is C21H19F3O4. The molecule has 4 nitrogen and oxygen atoms in total. The average Bonchev–Trinajstić information content (AvgIpc) is 3.39. The van der Waals surface area contributed by atoms with Crippen molar-refractivity contribution in [1.29, 1.82) is 0 Å². The van der Waals surface area contributed by atoms with Crippen molar-refractivity contribution in [2.45, 2.75) is 50.0 Å². The Morgan fingerprint density at radius 3 is 2.36 bits per heavy atom. The van der Waals surface area contributed by atoms with Crippen LogP contribution >= 0.6 is 0 Å². The highest BCUT2D eigenvalue weighted by atomic mass is 19.4. The number of halogens is 3. The summed E-state index contributed by atoms with van der Waals surface area (Å²) in [4.78, 5) is 12.3. The van der Waals surface area contributed by atoms with Crippen LogP contribution in [-0.4, -0.2) is 42.7 Å². The van der Waals surface area contributed by atoms with Gasteiger partial charge in [-0.05, 0) is 12.5 Å². The molecule has 0 aromatic heterocycles. The molecule has 5 rings (SSSR count). The van der Waals surface area contributed by atoms with Gasteiger partial charge in [0.1, 0.15) is 6.10 Å². The molecule has 0 radical (unpaired) electrons. The van der Waals surface area contributed by atoms with E-state index in [1.165, 1.54) is 6.92 Å². The van der Waals surface area contributed by atoms with E-state index in [4.69, 9.17) is 14.2 Å². The smallest absolute Gasteiger partial charge is 0.415 e. The molecule has 0 N–H and O–H groups in total. The minimum Gasteiger partial charge on any atom is -0.458 e. The number of carbonyl (C=O) groups excluding carboxylic acids is 1. The van der Waals surface area contributed by atoms with Gasteiger partial charge in [0.15, 0.2) is 0 Å². The van der Waals surface area contributed by atoms with E-state index < -0.39 is 36.0 Å². The van der Waals surface area contributed by atoms with Gasteiger partial charge in [0.2, 0.25) is 0 Å². The average molecular weight is 392 g/mol. The highest BCUT2D eigenvalue weighted by Crippen LogP contribution is 2.59. The topological polar surface area (TPSA) is 44.8 Å². The fourth-order valence-electron chi connectivity index (χ4n) is 5.15. The Hall–Kier alpha value is -2.12. The van der Waals surface area contributed by atoms with E-state index in [-0.39, 0.29) is 36.0 Å². The van der Waals surface area contributed by atoms with E-state index in [2.05, 4.69) is 0 Å². The van der Waals surface area contributed by atoms with E-state index in [9.17, 15) is 18.0 Å². The second kappa shape index (κ2) is 6.19. The van der Waals surface area contributed by atoms with E-state index in [0.29, 0.717) is 0 Å². The molecule has 1 aromatic rings. The normalized spacial score (nSPS) is 36.1. The predicted molar refractivity (Wildman–Crippen MR) is 92.2 cm³/mol. The van der Waals surface area contributed by atoms with E-state index >= 15 is 0 Å². The molecule has 0 amide bonds. The van der Waals surface area contributed by atoms with Crippen molar-refractivity contribution in [3.8, 4) is 0 Å². The van der Waals surface area contributed by atoms with Crippen molar-refractivity contribution in [2.75, 3.05) is 0 Å². The van der Waals surface area contributed by atoms with Crippen LogP contribution in [0, 0.1) is 11.8 Å². The summed E-state index contributed by atoms with van der Waals surface area (Å²) in [7, 11) is 0. The van der Waals surface area contributed by atoms with Crippen molar-refractivity contribution in [3.63, 3.8) is 0 Å². The first-order chi connectivity index (χ1) is 13.3. The maximum atomic E-state index is 13.9. The van der Waals surface area contributed by atoms with Crippen LogP contribution in [0.15, 0.2) is 53.6 Å². The first-order valence-electron chi connectivity index (χ1n) is 9.38. The van der Waals surface area contributed by atoms with Crippen LogP contribution in [-0.2, 0) is 25.4 Å². The Bertz CT molecular complexity index is 860. The van der Waals surface area contributed by atoms with Gasteiger partial charge in [0.25, 0.3) is 0 Å². The molecule has 0 unspecified atom stereocenters. The third-order valence-corrected chi connectivity index (χ3v) is 6.15. The van der Waals surface area contributed by atoms with Crippen molar-refractivity contribution in [3.05, 3.63) is 59.2 Å². The number of alkyl halides is 3. The van der Waals surface area contributed by atoms with Gasteiger partial charge in [-0.15, -0.1) is 0 Å². The Labute approximate surface area is 160 Å². The third kappa shape index (κ3) is 2.63. The van der Waals surface area contributed by atoms with Crippen LogP contribution in [0.5, 0.6) is 0 Å². The van der Waals surface area contributed by atoms with E-state index in [1.807, 2.05) is 18.2 Å². The molecule has 1 aromatic carbocycles. The van der Waals surface area contributed by atoms with E-state index in [0.717, 1.165) is 5.56 Å². The van der Waals surface area contributed by atoms with Crippen LogP contribution in [0.2, 0.25) is 0 Å². The number of esters is 1. The highest BCUT2D eigenvalue weighted by molar-refractivity contribution is 5.73. The molecule has 2 saturated heterocycles. The lowest BCUT2D eigenvalue weighted by Crippen LogP contribution is -2.41. The van der Waals surface area contributed by atoms with Crippen molar-refractivity contribution in [2.24, 2.45) is 11.8 Å². The molecule has 2 fully saturated rings. The number of carbonyl (C=O) groups is 1. The number of hydrogen-bond donors (Lipinski definition) is 0. The molecule has 4 bridgehead atoms. The zero-order valence-electron chi connectivity index (χ0n) is 15.1. The summed E-state index contributed by atoms with van der Waals surface area (Å²) in [5.41, 5.74) is 0.105. The molecule has 7 heteroatoms. The molecule has 0 aliphatic carbocycles. The number of hydrogen-bond acceptors (Lipinski definition) is 4. The van der Waals surface area contributed by atoms with Crippen LogP contribution in [0.1, 0.15) is 12.5 Å². The SMILES string of the molecule is C[C@@H](OC(=O)Cc1ccccc1)C1=C(C(F)(F)F)[C@@H]2O[C@H]1[C@@H]1[C@H]2[C@@H]2C=C[C@H]1O2. The Balaban J connectivity index is 1.41. The van der Waals surface area contributed by atoms with Crippen LogP contribution in [0.4, 0.5) is 13.2 Å². The van der Waals surface area contributed by atoms with Gasteiger partial charge in [-0.1, -0.05) is 42.5 Å². The van der Waals surface area contributed by atoms with Crippen LogP contribution in [0.25, 0.3) is 0 Å². The Kier molecular flexibility index (Phi) is 3.97. The summed E-state index contributed by atoms with van der Waals surface area (Å²) in [6.07, 6.45) is -4.16. The van der Waals surface area contributed by atoms with Crippen molar-refractivity contribution < 1.29 is 32.2 Å². The molecule has 148 valence electrons. The molecule has 0 spiro atoms.